The molecule has 1 aliphatic rings. The van der Waals surface area contributed by atoms with Crippen molar-refractivity contribution in [3.63, 3.8) is 0 Å². The van der Waals surface area contributed by atoms with Crippen molar-refractivity contribution in [3.8, 4) is 33.6 Å². The Morgan fingerprint density at radius 3 is 2.21 bits per heavy atom. The first-order chi connectivity index (χ1) is 28.7. The average Bonchev–Trinajstić information content (AvgIpc) is 3.80. The van der Waals surface area contributed by atoms with Crippen molar-refractivity contribution in [1.29, 1.82) is 0 Å². The predicted octanol–water partition coefficient (Wildman–Crippen LogP) is 11.5. The number of halogens is 1. The molecule has 5 nitrogen and oxygen atoms in total. The first-order valence-corrected chi connectivity index (χ1v) is 26.5. The van der Waals surface area contributed by atoms with Crippen molar-refractivity contribution in [2.24, 2.45) is 5.41 Å². The SMILES string of the molecule is C[Si](C)(C)c1ccc(-c2[c-]cc(F)cc2)nc1.[2H]C([2H])([2H])c1cc(C2([2H])CCC(C)(C)CC2)cc(C([2H])([2H])[2H])c1-c1cc(-c2[c-]ccc3c2sc2nncn23)ncc1[Si](C)(C)C.[Ir]. The number of nitrogens with zero attached hydrogens (tertiary/aromatic N) is 5. The number of aryl methyl sites for hydroxylation is 2. The molecule has 56 heavy (non-hydrogen) atoms. The number of benzene rings is 3. The number of aromatic nitrogens is 5. The van der Waals surface area contributed by atoms with Gasteiger partial charge in [0.2, 0.25) is 4.96 Å². The van der Waals surface area contributed by atoms with Gasteiger partial charge in [-0.1, -0.05) is 83.5 Å². The Kier molecular flexibility index (Phi) is 9.70. The van der Waals surface area contributed by atoms with Crippen LogP contribution in [0, 0.1) is 37.1 Å². The Hall–Kier alpha value is -3.67. The molecule has 1 aliphatic carbocycles. The second kappa shape index (κ2) is 16.3. The Labute approximate surface area is 361 Å². The van der Waals surface area contributed by atoms with Crippen LogP contribution >= 0.6 is 11.3 Å². The minimum absolute atomic E-state index is 0. The molecule has 3 aromatic carbocycles. The first-order valence-electron chi connectivity index (χ1n) is 22.2. The Balaban J connectivity index is 0.000000308. The summed E-state index contributed by atoms with van der Waals surface area (Å²) in [6.45, 7) is 12.4. The van der Waals surface area contributed by atoms with Gasteiger partial charge in [-0.15, -0.1) is 75.1 Å². The van der Waals surface area contributed by atoms with Crippen molar-refractivity contribution >= 4 is 53.0 Å². The monoisotopic (exact) mass is 981 g/mol. The van der Waals surface area contributed by atoms with Crippen molar-refractivity contribution in [3.05, 3.63) is 114 Å². The minimum Gasteiger partial charge on any atom is -0.305 e. The number of fused-ring (bicyclic) bond motifs is 3. The standard InChI is InChI=1S/C32H37N4SSi.C14H15FNSi.Ir/c1-20-15-23(22-11-13-32(3,4)14-12-22)16-21(2)29(20)25-17-26(33-18-28(25)38(5,6)7)24-9-8-10-27-30(24)37-31-35-34-19-36(27)31;1-17(2,3)13-8-9-14(16-10-13)11-4-6-12(15)7-5-11;/h8,10,15-19,22H,11-14H2,1-7H3;4,6-10H,1-3H3;/q2*-1;/i1D3,2D3,22D;;. The van der Waals surface area contributed by atoms with Crippen LogP contribution in [-0.4, -0.2) is 40.7 Å². The molecule has 10 heteroatoms. The normalized spacial score (nSPS) is 17.6. The van der Waals surface area contributed by atoms with Gasteiger partial charge < -0.3 is 9.97 Å². The fourth-order valence-electron chi connectivity index (χ4n) is 7.12. The molecular formula is C46H52FIrN5SSi2-2. The van der Waals surface area contributed by atoms with Crippen LogP contribution in [0.15, 0.2) is 79.4 Å². The van der Waals surface area contributed by atoms with E-state index in [9.17, 15) is 5.76 Å². The maximum Gasteiger partial charge on any atom is 0.206 e. The molecule has 0 N–H and O–H groups in total. The molecule has 0 atom stereocenters. The van der Waals surface area contributed by atoms with E-state index >= 15 is 0 Å². The molecule has 4 heterocycles. The minimum atomic E-state index is -2.62. The molecular weight excluding hydrogens is 922 g/mol. The van der Waals surface area contributed by atoms with E-state index in [0.717, 1.165) is 50.0 Å². The Morgan fingerprint density at radius 1 is 0.893 bits per heavy atom. The van der Waals surface area contributed by atoms with Gasteiger partial charge in [0.1, 0.15) is 6.33 Å². The molecule has 1 radical (unpaired) electrons. The molecule has 0 aliphatic heterocycles. The van der Waals surface area contributed by atoms with Crippen LogP contribution in [-0.2, 0) is 20.1 Å². The van der Waals surface area contributed by atoms with Crippen molar-refractivity contribution in [2.45, 2.75) is 98.4 Å². The molecule has 7 aromatic rings. The molecule has 0 bridgehead atoms. The quantitative estimate of drug-likeness (QED) is 0.123. The van der Waals surface area contributed by atoms with E-state index in [2.05, 4.69) is 86.5 Å². The van der Waals surface area contributed by atoms with E-state index in [1.54, 1.807) is 30.7 Å². The van der Waals surface area contributed by atoms with E-state index < -0.39 is 35.7 Å². The van der Waals surface area contributed by atoms with Crippen LogP contribution in [0.2, 0.25) is 39.3 Å². The smallest absolute Gasteiger partial charge is 0.206 e. The summed E-state index contributed by atoms with van der Waals surface area (Å²) in [5.41, 5.74) is 5.14. The zero-order valence-corrected chi connectivity index (χ0v) is 38.4. The molecule has 0 amide bonds. The summed E-state index contributed by atoms with van der Waals surface area (Å²) in [5, 5.41) is 10.4. The summed E-state index contributed by atoms with van der Waals surface area (Å²) in [7, 11) is -3.49. The average molecular weight is 981 g/mol. The maximum atomic E-state index is 12.8. The third kappa shape index (κ3) is 8.90. The number of rotatable bonds is 6. The van der Waals surface area contributed by atoms with Gasteiger partial charge in [0.05, 0.1) is 16.1 Å². The van der Waals surface area contributed by atoms with Crippen LogP contribution in [0.4, 0.5) is 4.39 Å². The van der Waals surface area contributed by atoms with E-state index in [1.807, 2.05) is 34.9 Å². The van der Waals surface area contributed by atoms with E-state index in [4.69, 9.17) is 13.2 Å². The van der Waals surface area contributed by atoms with Crippen molar-refractivity contribution in [2.75, 3.05) is 0 Å². The summed E-state index contributed by atoms with van der Waals surface area (Å²) in [4.78, 5) is 10.0. The zero-order chi connectivity index (χ0) is 45.2. The Morgan fingerprint density at radius 2 is 1.61 bits per heavy atom. The zero-order valence-electron chi connectivity index (χ0n) is 40.2. The van der Waals surface area contributed by atoms with Gasteiger partial charge in [-0.25, -0.2) is 0 Å². The third-order valence-electron chi connectivity index (χ3n) is 10.6. The maximum absolute atomic E-state index is 12.8. The summed E-state index contributed by atoms with van der Waals surface area (Å²) < 4.78 is 77.0. The van der Waals surface area contributed by atoms with Crippen LogP contribution in [0.3, 0.4) is 0 Å². The number of hydrogen-bond acceptors (Lipinski definition) is 5. The molecule has 1 fully saturated rings. The van der Waals surface area contributed by atoms with Gasteiger partial charge in [0.15, 0.2) is 0 Å². The molecule has 1 saturated carbocycles. The fourth-order valence-corrected chi connectivity index (χ4v) is 10.7. The van der Waals surface area contributed by atoms with Gasteiger partial charge in [-0.3, -0.25) is 8.79 Å². The van der Waals surface area contributed by atoms with Gasteiger partial charge in [0, 0.05) is 47.9 Å². The second-order valence-electron chi connectivity index (χ2n) is 17.3. The van der Waals surface area contributed by atoms with Crippen LogP contribution in [0.5, 0.6) is 0 Å². The summed E-state index contributed by atoms with van der Waals surface area (Å²) >= 11 is 1.46. The van der Waals surface area contributed by atoms with Gasteiger partial charge >= 0.3 is 0 Å². The summed E-state index contributed by atoms with van der Waals surface area (Å²) in [6.07, 6.45) is 8.08. The topological polar surface area (TPSA) is 56.0 Å². The largest absolute Gasteiger partial charge is 0.305 e. The molecule has 8 rings (SSSR count). The van der Waals surface area contributed by atoms with Gasteiger partial charge in [-0.05, 0) is 110 Å². The van der Waals surface area contributed by atoms with Crippen molar-refractivity contribution < 1.29 is 34.1 Å². The van der Waals surface area contributed by atoms with Crippen LogP contribution < -0.4 is 10.4 Å². The number of pyridine rings is 2. The van der Waals surface area contributed by atoms with E-state index in [-0.39, 0.29) is 48.0 Å². The van der Waals surface area contributed by atoms with Crippen LogP contribution in [0.1, 0.15) is 71.7 Å². The predicted molar refractivity (Wildman–Crippen MR) is 235 cm³/mol. The molecule has 293 valence electrons. The molecule has 0 unspecified atom stereocenters. The van der Waals surface area contributed by atoms with Gasteiger partial charge in [-0.2, -0.15) is 0 Å². The first kappa shape index (κ1) is 33.3. The van der Waals surface area contributed by atoms with Crippen LogP contribution in [0.25, 0.3) is 48.8 Å². The van der Waals surface area contributed by atoms with E-state index in [1.165, 1.54) is 28.7 Å². The van der Waals surface area contributed by atoms with Gasteiger partial charge in [0.25, 0.3) is 0 Å². The summed E-state index contributed by atoms with van der Waals surface area (Å²) in [6, 6.07) is 23.6. The molecule has 4 aromatic heterocycles. The second-order valence-corrected chi connectivity index (χ2v) is 28.4. The van der Waals surface area contributed by atoms with E-state index in [0.29, 0.717) is 29.7 Å². The Bertz CT molecular complexity index is 2710. The fraction of sp³-hybridized carbons (Fsp3) is 0.348. The summed E-state index contributed by atoms with van der Waals surface area (Å²) in [5.74, 6) is -1.33. The third-order valence-corrected chi connectivity index (χ3v) is 15.7. The molecule has 0 spiro atoms. The molecule has 0 saturated heterocycles. The number of hydrogen-bond donors (Lipinski definition) is 0. The van der Waals surface area contributed by atoms with Crippen molar-refractivity contribution in [1.82, 2.24) is 24.6 Å². The number of thiazole rings is 1.